The average Bonchev–Trinajstić information content (AvgIpc) is 2.83. The fourth-order valence-electron chi connectivity index (χ4n) is 4.68. The van der Waals surface area contributed by atoms with Crippen molar-refractivity contribution in [3.63, 3.8) is 0 Å². The van der Waals surface area contributed by atoms with Gasteiger partial charge in [0.15, 0.2) is 11.6 Å². The molecule has 0 spiro atoms. The zero-order valence-electron chi connectivity index (χ0n) is 21.0. The molecule has 2 saturated heterocycles. The van der Waals surface area contributed by atoms with Crippen LogP contribution in [0.2, 0.25) is 0 Å². The van der Waals surface area contributed by atoms with Crippen molar-refractivity contribution >= 4 is 11.8 Å². The summed E-state index contributed by atoms with van der Waals surface area (Å²) in [5.41, 5.74) is 0. The van der Waals surface area contributed by atoms with Gasteiger partial charge in [0.25, 0.3) is 0 Å². The maximum Gasteiger partial charge on any atom is 0.217 e. The van der Waals surface area contributed by atoms with Gasteiger partial charge in [-0.15, -0.1) is 0 Å². The number of ether oxygens (including phenoxy) is 2. The fourth-order valence-corrected chi connectivity index (χ4v) is 4.68. The SMILES string of the molecule is CC(=O)N[C@H]1[C@H]([C@H](O)[C@H](O)CO)O[C@](O)(C[CH][C@]2(O)C[C@H](O)[C@@H](NC(C)=O)[C@H]([C@H](O)[C@H](O)CO)O2)C[C@@H]1O. The lowest BCUT2D eigenvalue weighted by molar-refractivity contribution is -0.315. The van der Waals surface area contributed by atoms with Gasteiger partial charge >= 0.3 is 0 Å². The predicted molar refractivity (Wildman–Crippen MR) is 123 cm³/mol. The molecule has 2 fully saturated rings. The number of rotatable bonds is 11. The Bertz CT molecular complexity index is 742. The number of carbonyl (C=O) groups is 2. The molecule has 2 heterocycles. The molecule has 16 nitrogen and oxygen atoms in total. The Morgan fingerprint density at radius 2 is 1.26 bits per heavy atom. The lowest BCUT2D eigenvalue weighted by Gasteiger charge is -2.49. The molecule has 0 aliphatic carbocycles. The summed E-state index contributed by atoms with van der Waals surface area (Å²) in [4.78, 5) is 23.2. The van der Waals surface area contributed by atoms with Gasteiger partial charge in [-0.3, -0.25) is 9.59 Å². The molecule has 12 N–H and O–H groups in total. The van der Waals surface area contributed by atoms with E-state index in [2.05, 4.69) is 10.6 Å². The van der Waals surface area contributed by atoms with Crippen molar-refractivity contribution in [2.24, 2.45) is 0 Å². The fraction of sp³-hybridized carbons (Fsp3) is 0.864. The third-order valence-electron chi connectivity index (χ3n) is 6.58. The molecule has 0 aromatic carbocycles. The van der Waals surface area contributed by atoms with Crippen LogP contribution >= 0.6 is 0 Å². The van der Waals surface area contributed by atoms with Crippen LogP contribution in [0, 0.1) is 6.42 Å². The zero-order valence-corrected chi connectivity index (χ0v) is 21.0. The van der Waals surface area contributed by atoms with Crippen LogP contribution in [0.1, 0.15) is 33.1 Å². The van der Waals surface area contributed by atoms with Crippen molar-refractivity contribution < 1.29 is 70.1 Å². The van der Waals surface area contributed by atoms with Crippen molar-refractivity contribution in [2.75, 3.05) is 13.2 Å². The highest BCUT2D eigenvalue weighted by Crippen LogP contribution is 2.38. The second-order valence-electron chi connectivity index (χ2n) is 9.84. The van der Waals surface area contributed by atoms with Crippen LogP contribution in [0.4, 0.5) is 0 Å². The molecular weight excluding hydrogens is 516 g/mol. The molecule has 0 aromatic rings. The van der Waals surface area contributed by atoms with Gasteiger partial charge in [-0.1, -0.05) is 0 Å². The number of hydrogen-bond donors (Lipinski definition) is 12. The molecule has 1 radical (unpaired) electrons. The Kier molecular flexibility index (Phi) is 11.4. The van der Waals surface area contributed by atoms with Gasteiger partial charge in [0.05, 0.1) is 37.5 Å². The van der Waals surface area contributed by atoms with Crippen LogP contribution < -0.4 is 10.6 Å². The van der Waals surface area contributed by atoms with Crippen LogP contribution in [0.3, 0.4) is 0 Å². The minimum atomic E-state index is -2.40. The van der Waals surface area contributed by atoms with Crippen LogP contribution in [0.15, 0.2) is 0 Å². The maximum atomic E-state index is 11.6. The highest BCUT2D eigenvalue weighted by molar-refractivity contribution is 5.73. The summed E-state index contributed by atoms with van der Waals surface area (Å²) >= 11 is 0. The highest BCUT2D eigenvalue weighted by Gasteiger charge is 2.53. The standard InChI is InChI=1S/C22H39N2O14/c1-9(27)23-15-11(29)5-21(35,37-19(15)17(33)13(31)7-25)3-4-22(36)6-12(30)16(24-10(2)28)20(38-22)18(34)14(32)8-26/h3,11-20,25-26,29-36H,4-8H2,1-2H3,(H,23,27)(H,24,28)/t11-,12-,13+,14+,15+,16+,17+,18+,19+,20+,21+,22+/m0/s1. The Morgan fingerprint density at radius 1 is 0.842 bits per heavy atom. The van der Waals surface area contributed by atoms with E-state index in [1.54, 1.807) is 0 Å². The van der Waals surface area contributed by atoms with Gasteiger partial charge in [0.2, 0.25) is 11.8 Å². The molecule has 0 unspecified atom stereocenters. The summed E-state index contributed by atoms with van der Waals surface area (Å²) in [5.74, 6) is -5.96. The summed E-state index contributed by atoms with van der Waals surface area (Å²) < 4.78 is 11.0. The van der Waals surface area contributed by atoms with Crippen molar-refractivity contribution in [3.8, 4) is 0 Å². The smallest absolute Gasteiger partial charge is 0.217 e. The lowest BCUT2D eigenvalue weighted by atomic mass is 9.84. The van der Waals surface area contributed by atoms with Crippen LogP contribution in [-0.4, -0.2) is 149 Å². The van der Waals surface area contributed by atoms with Gasteiger partial charge in [-0.05, 0) is 0 Å². The Morgan fingerprint density at radius 3 is 1.68 bits per heavy atom. The van der Waals surface area contributed by atoms with Crippen molar-refractivity contribution in [3.05, 3.63) is 6.42 Å². The van der Waals surface area contributed by atoms with Gasteiger partial charge in [-0.2, -0.15) is 0 Å². The summed E-state index contributed by atoms with van der Waals surface area (Å²) in [5, 5.41) is 107. The summed E-state index contributed by atoms with van der Waals surface area (Å²) in [6.07, 6.45) is -14.4. The first-order chi connectivity index (χ1) is 17.6. The van der Waals surface area contributed by atoms with Crippen LogP contribution in [0.5, 0.6) is 0 Å². The van der Waals surface area contributed by atoms with Gasteiger partial charge in [0, 0.05) is 39.5 Å². The van der Waals surface area contributed by atoms with E-state index in [9.17, 15) is 60.7 Å². The van der Waals surface area contributed by atoms with E-state index in [0.717, 1.165) is 20.3 Å². The second-order valence-corrected chi connectivity index (χ2v) is 9.84. The largest absolute Gasteiger partial charge is 0.394 e. The van der Waals surface area contributed by atoms with Crippen molar-refractivity contribution in [1.82, 2.24) is 10.6 Å². The quantitative estimate of drug-likeness (QED) is 0.113. The number of amides is 2. The van der Waals surface area contributed by atoms with Crippen molar-refractivity contribution in [1.29, 1.82) is 0 Å². The van der Waals surface area contributed by atoms with Gasteiger partial charge in [0.1, 0.15) is 36.6 Å². The van der Waals surface area contributed by atoms with E-state index in [-0.39, 0.29) is 0 Å². The first kappa shape index (κ1) is 32.7. The van der Waals surface area contributed by atoms with Gasteiger partial charge in [-0.25, -0.2) is 0 Å². The molecule has 221 valence electrons. The Labute approximate surface area is 218 Å². The number of carbonyl (C=O) groups excluding carboxylic acids is 2. The highest BCUT2D eigenvalue weighted by atomic mass is 16.7. The first-order valence-electron chi connectivity index (χ1n) is 12.1. The minimum absolute atomic E-state index is 0.560. The van der Waals surface area contributed by atoms with Gasteiger partial charge < -0.3 is 71.2 Å². The normalized spacial score (nSPS) is 39.1. The van der Waals surface area contributed by atoms with E-state index in [1.807, 2.05) is 0 Å². The number of hydrogen-bond acceptors (Lipinski definition) is 14. The molecule has 2 amide bonds. The molecule has 38 heavy (non-hydrogen) atoms. The minimum Gasteiger partial charge on any atom is -0.394 e. The number of nitrogens with one attached hydrogen (secondary N) is 2. The first-order valence-corrected chi connectivity index (χ1v) is 12.1. The maximum absolute atomic E-state index is 11.6. The molecule has 0 saturated carbocycles. The monoisotopic (exact) mass is 555 g/mol. The third kappa shape index (κ3) is 8.00. The molecule has 2 rings (SSSR count). The molecule has 12 atom stereocenters. The molecule has 16 heteroatoms. The second kappa shape index (κ2) is 13.2. The van der Waals surface area contributed by atoms with E-state index < -0.39 is 117 Å². The number of aliphatic hydroxyl groups is 10. The Balaban J connectivity index is 2.25. The van der Waals surface area contributed by atoms with E-state index in [0.29, 0.717) is 0 Å². The van der Waals surface area contributed by atoms with Crippen LogP contribution in [0.25, 0.3) is 0 Å². The van der Waals surface area contributed by atoms with Crippen molar-refractivity contribution in [2.45, 2.75) is 106 Å². The summed E-state index contributed by atoms with van der Waals surface area (Å²) in [6.45, 7) is 0.441. The van der Waals surface area contributed by atoms with E-state index >= 15 is 0 Å². The zero-order chi connectivity index (χ0) is 29.0. The third-order valence-corrected chi connectivity index (χ3v) is 6.58. The summed E-state index contributed by atoms with van der Waals surface area (Å²) in [7, 11) is 0. The van der Waals surface area contributed by atoms with E-state index in [1.165, 1.54) is 0 Å². The number of aliphatic hydroxyl groups excluding tert-OH is 8. The summed E-state index contributed by atoms with van der Waals surface area (Å²) in [6, 6.07) is -2.59. The Hall–Kier alpha value is -1.54. The topological polar surface area (TPSA) is 279 Å². The van der Waals surface area contributed by atoms with E-state index in [4.69, 9.17) is 9.47 Å². The predicted octanol–water partition coefficient (Wildman–Crippen LogP) is -6.30. The molecule has 0 bridgehead atoms. The molecular formula is C22H39N2O14. The van der Waals surface area contributed by atoms with Crippen LogP contribution in [-0.2, 0) is 19.1 Å². The average molecular weight is 556 g/mol. The lowest BCUT2D eigenvalue weighted by Crippen LogP contribution is -2.67. The molecule has 2 aliphatic heterocycles. The molecule has 2 aliphatic rings. The molecule has 0 aromatic heterocycles.